The number of hydrogen-bond acceptors (Lipinski definition) is 4. The summed E-state index contributed by atoms with van der Waals surface area (Å²) >= 11 is 6.29. The lowest BCUT2D eigenvalue weighted by molar-refractivity contribution is 0.555. The summed E-state index contributed by atoms with van der Waals surface area (Å²) in [6, 6.07) is 4.54. The summed E-state index contributed by atoms with van der Waals surface area (Å²) in [6.45, 7) is 3.88. The molecule has 0 N–H and O–H groups in total. The summed E-state index contributed by atoms with van der Waals surface area (Å²) in [5.41, 5.74) is 0.106. The van der Waals surface area contributed by atoms with Crippen molar-refractivity contribution in [3.05, 3.63) is 55.4 Å². The normalized spacial score (nSPS) is 14.6. The molecule has 0 amide bonds. The van der Waals surface area contributed by atoms with Gasteiger partial charge in [0.05, 0.1) is 6.54 Å². The Hall–Kier alpha value is -2.61. The zero-order valence-electron chi connectivity index (χ0n) is 17.2. The van der Waals surface area contributed by atoms with E-state index in [4.69, 9.17) is 11.6 Å². The van der Waals surface area contributed by atoms with Gasteiger partial charge >= 0.3 is 5.69 Å². The van der Waals surface area contributed by atoms with Crippen molar-refractivity contribution in [3.63, 3.8) is 0 Å². The van der Waals surface area contributed by atoms with Crippen molar-refractivity contribution in [2.45, 2.75) is 45.7 Å². The van der Waals surface area contributed by atoms with Crippen molar-refractivity contribution in [3.8, 4) is 0 Å². The van der Waals surface area contributed by atoms with E-state index in [1.165, 1.54) is 15.2 Å². The van der Waals surface area contributed by atoms with Gasteiger partial charge in [0.25, 0.3) is 5.56 Å². The van der Waals surface area contributed by atoms with E-state index in [-0.39, 0.29) is 6.54 Å². The first-order valence-electron chi connectivity index (χ1n) is 10.3. The van der Waals surface area contributed by atoms with Crippen LogP contribution in [0.1, 0.15) is 38.2 Å². The molecule has 30 heavy (non-hydrogen) atoms. The summed E-state index contributed by atoms with van der Waals surface area (Å²) in [5.74, 6) is 0.137. The van der Waals surface area contributed by atoms with Crippen LogP contribution in [0, 0.1) is 5.82 Å². The Labute approximate surface area is 178 Å². The Morgan fingerprint density at radius 1 is 1.13 bits per heavy atom. The van der Waals surface area contributed by atoms with Crippen LogP contribution in [0.15, 0.2) is 27.8 Å². The zero-order valence-corrected chi connectivity index (χ0v) is 18.0. The van der Waals surface area contributed by atoms with Crippen LogP contribution in [-0.4, -0.2) is 31.8 Å². The average molecular weight is 434 g/mol. The number of nitrogens with zero attached hydrogens (tertiary/aromatic N) is 5. The zero-order chi connectivity index (χ0) is 21.4. The van der Waals surface area contributed by atoms with Crippen molar-refractivity contribution in [1.82, 2.24) is 18.7 Å². The molecular weight excluding hydrogens is 409 g/mol. The maximum atomic E-state index is 14.6. The van der Waals surface area contributed by atoms with Crippen molar-refractivity contribution in [1.29, 1.82) is 0 Å². The second-order valence-electron chi connectivity index (χ2n) is 7.72. The second-order valence-corrected chi connectivity index (χ2v) is 8.12. The highest BCUT2D eigenvalue weighted by Crippen LogP contribution is 2.27. The first kappa shape index (κ1) is 20.7. The number of piperidine rings is 1. The number of aryl methyl sites for hydroxylation is 1. The number of anilines is 1. The maximum Gasteiger partial charge on any atom is 0.332 e. The lowest BCUT2D eigenvalue weighted by atomic mass is 10.1. The Morgan fingerprint density at radius 2 is 1.87 bits per heavy atom. The molecule has 1 saturated heterocycles. The van der Waals surface area contributed by atoms with Crippen LogP contribution in [0.4, 0.5) is 10.3 Å². The van der Waals surface area contributed by atoms with Crippen LogP contribution in [0.2, 0.25) is 5.02 Å². The van der Waals surface area contributed by atoms with Crippen LogP contribution >= 0.6 is 11.6 Å². The predicted octanol–water partition coefficient (Wildman–Crippen LogP) is 3.14. The van der Waals surface area contributed by atoms with Gasteiger partial charge in [0.2, 0.25) is 5.95 Å². The summed E-state index contributed by atoms with van der Waals surface area (Å²) in [6.07, 6.45) is 3.82. The van der Waals surface area contributed by atoms with Crippen LogP contribution < -0.4 is 16.1 Å². The summed E-state index contributed by atoms with van der Waals surface area (Å²) < 4.78 is 18.9. The second kappa shape index (κ2) is 8.26. The molecule has 2 aromatic heterocycles. The lowest BCUT2D eigenvalue weighted by Gasteiger charge is -2.28. The van der Waals surface area contributed by atoms with Gasteiger partial charge in [-0.2, -0.15) is 4.98 Å². The average Bonchev–Trinajstić information content (AvgIpc) is 3.12. The summed E-state index contributed by atoms with van der Waals surface area (Å²) in [7, 11) is 1.61. The summed E-state index contributed by atoms with van der Waals surface area (Å²) in [5, 5.41) is 0.292. The van der Waals surface area contributed by atoms with Gasteiger partial charge < -0.3 is 4.90 Å². The number of halogens is 2. The van der Waals surface area contributed by atoms with Gasteiger partial charge in [-0.3, -0.25) is 18.5 Å². The molecule has 1 fully saturated rings. The third-order valence-corrected chi connectivity index (χ3v) is 6.03. The van der Waals surface area contributed by atoms with Gasteiger partial charge in [-0.15, -0.1) is 0 Å². The van der Waals surface area contributed by atoms with E-state index in [9.17, 15) is 14.0 Å². The highest BCUT2D eigenvalue weighted by atomic mass is 35.5. The Morgan fingerprint density at radius 3 is 2.53 bits per heavy atom. The Kier molecular flexibility index (Phi) is 5.69. The quantitative estimate of drug-likeness (QED) is 0.620. The standard InChI is InChI=1S/C21H25ClFN5O2/c1-3-10-27-19(29)17-18(25(2)21(27)30)24-20(26-11-5-4-6-12-26)28(17)13-14-15(22)8-7-9-16(14)23/h7-9H,3-6,10-13H2,1-2H3. The molecule has 0 unspecified atom stereocenters. The minimum atomic E-state index is -0.437. The van der Waals surface area contributed by atoms with E-state index in [2.05, 4.69) is 9.88 Å². The van der Waals surface area contributed by atoms with E-state index in [0.29, 0.717) is 40.7 Å². The fourth-order valence-corrected chi connectivity index (χ4v) is 4.33. The molecule has 9 heteroatoms. The van der Waals surface area contributed by atoms with Crippen molar-refractivity contribution in [2.75, 3.05) is 18.0 Å². The number of benzene rings is 1. The fraction of sp³-hybridized carbons (Fsp3) is 0.476. The molecule has 0 radical (unpaired) electrons. The third-order valence-electron chi connectivity index (χ3n) is 5.68. The number of hydrogen-bond donors (Lipinski definition) is 0. The van der Waals surface area contributed by atoms with Gasteiger partial charge in [-0.1, -0.05) is 24.6 Å². The van der Waals surface area contributed by atoms with E-state index >= 15 is 0 Å². The molecule has 1 aliphatic rings. The molecule has 0 aliphatic carbocycles. The number of aromatic nitrogens is 4. The van der Waals surface area contributed by atoms with Gasteiger partial charge in [0.1, 0.15) is 5.82 Å². The van der Waals surface area contributed by atoms with Crippen molar-refractivity contribution >= 4 is 28.7 Å². The highest BCUT2D eigenvalue weighted by molar-refractivity contribution is 6.31. The topological polar surface area (TPSA) is 65.1 Å². The smallest absolute Gasteiger partial charge is 0.332 e. The molecule has 7 nitrogen and oxygen atoms in total. The maximum absolute atomic E-state index is 14.6. The fourth-order valence-electron chi connectivity index (χ4n) is 4.11. The van der Waals surface area contributed by atoms with Crippen molar-refractivity contribution in [2.24, 2.45) is 7.05 Å². The van der Waals surface area contributed by atoms with Crippen LogP contribution in [0.5, 0.6) is 0 Å². The monoisotopic (exact) mass is 433 g/mol. The minimum absolute atomic E-state index is 0.0629. The number of imidazole rings is 1. The van der Waals surface area contributed by atoms with Gasteiger partial charge in [0, 0.05) is 37.3 Å². The highest BCUT2D eigenvalue weighted by Gasteiger charge is 2.25. The van der Waals surface area contributed by atoms with Crippen LogP contribution in [0.3, 0.4) is 0 Å². The van der Waals surface area contributed by atoms with Gasteiger partial charge in [0.15, 0.2) is 11.2 Å². The predicted molar refractivity (Wildman–Crippen MR) is 116 cm³/mol. The molecule has 0 saturated carbocycles. The van der Waals surface area contributed by atoms with Gasteiger partial charge in [-0.25, -0.2) is 9.18 Å². The molecular formula is C21H25ClFN5O2. The molecule has 4 rings (SSSR count). The van der Waals surface area contributed by atoms with E-state index in [0.717, 1.165) is 32.4 Å². The van der Waals surface area contributed by atoms with E-state index in [1.54, 1.807) is 23.7 Å². The largest absolute Gasteiger partial charge is 0.342 e. The molecule has 1 aliphatic heterocycles. The van der Waals surface area contributed by atoms with Crippen molar-refractivity contribution < 1.29 is 4.39 Å². The molecule has 0 spiro atoms. The lowest BCUT2D eigenvalue weighted by Crippen LogP contribution is -2.39. The first-order chi connectivity index (χ1) is 14.4. The Bertz CT molecular complexity index is 1190. The first-order valence-corrected chi connectivity index (χ1v) is 10.7. The third kappa shape index (κ3) is 3.43. The minimum Gasteiger partial charge on any atom is -0.342 e. The Balaban J connectivity index is 2.01. The van der Waals surface area contributed by atoms with E-state index < -0.39 is 17.1 Å². The van der Waals surface area contributed by atoms with Crippen LogP contribution in [0.25, 0.3) is 11.2 Å². The number of fused-ring (bicyclic) bond motifs is 1. The molecule has 1 aromatic carbocycles. The van der Waals surface area contributed by atoms with E-state index in [1.807, 2.05) is 6.92 Å². The SMILES string of the molecule is CCCn1c(=O)c2c(nc(N3CCCCC3)n2Cc2c(F)cccc2Cl)n(C)c1=O. The molecule has 0 atom stereocenters. The molecule has 3 heterocycles. The number of rotatable bonds is 5. The molecule has 160 valence electrons. The molecule has 3 aromatic rings. The van der Waals surface area contributed by atoms with Crippen LogP contribution in [-0.2, 0) is 20.1 Å². The summed E-state index contributed by atoms with van der Waals surface area (Å²) in [4.78, 5) is 32.8. The van der Waals surface area contributed by atoms with Gasteiger partial charge in [-0.05, 0) is 37.8 Å². The molecule has 0 bridgehead atoms.